The molecule has 4 aromatic rings. The van der Waals surface area contributed by atoms with Crippen molar-refractivity contribution < 1.29 is 17.9 Å². The number of carbonyl (C=O) groups is 1. The third-order valence-electron chi connectivity index (χ3n) is 5.16. The van der Waals surface area contributed by atoms with Gasteiger partial charge in [0.2, 0.25) is 0 Å². The van der Waals surface area contributed by atoms with Gasteiger partial charge in [-0.15, -0.1) is 0 Å². The summed E-state index contributed by atoms with van der Waals surface area (Å²) in [6, 6.07) is 18.2. The molecule has 0 spiro atoms. The summed E-state index contributed by atoms with van der Waals surface area (Å²) in [7, 11) is 0. The van der Waals surface area contributed by atoms with Gasteiger partial charge < -0.3 is 9.87 Å². The van der Waals surface area contributed by atoms with E-state index >= 15 is 0 Å². The highest BCUT2D eigenvalue weighted by Gasteiger charge is 2.24. The van der Waals surface area contributed by atoms with Crippen LogP contribution in [0.25, 0.3) is 0 Å². The summed E-state index contributed by atoms with van der Waals surface area (Å²) in [6.07, 6.45) is 0.372. The van der Waals surface area contributed by atoms with Crippen LogP contribution in [-0.4, -0.2) is 23.4 Å². The largest absolute Gasteiger partial charge is 0.755 e. The molecule has 4 rings (SSSR count). The van der Waals surface area contributed by atoms with Gasteiger partial charge in [-0.2, -0.15) is 8.75 Å². The molecule has 0 saturated carbocycles. The molecule has 0 aliphatic rings. The third-order valence-corrected chi connectivity index (χ3v) is 6.74. The number of carbonyl (C=O) groups excluding carboxylic acids is 1. The third kappa shape index (κ3) is 5.91. The number of hydrogen-bond acceptors (Lipinski definition) is 6. The van der Waals surface area contributed by atoms with Crippen molar-refractivity contribution in [2.45, 2.75) is 19.9 Å². The summed E-state index contributed by atoms with van der Waals surface area (Å²) in [5, 5.41) is 2.90. The minimum atomic E-state index is -2.79. The Labute approximate surface area is 213 Å². The predicted molar refractivity (Wildman–Crippen MR) is 134 cm³/mol. The van der Waals surface area contributed by atoms with Gasteiger partial charge in [0.05, 0.1) is 34.2 Å². The van der Waals surface area contributed by atoms with Crippen LogP contribution in [0.5, 0.6) is 0 Å². The van der Waals surface area contributed by atoms with E-state index in [0.29, 0.717) is 17.7 Å². The van der Waals surface area contributed by atoms with E-state index < -0.39 is 23.0 Å². The standard InChI is InChI=1S/C24H20ClFN4O3S2/c1-15-7-10-19(24(31)27-14-17-8-9-18(26)13-20(17)25)22(11-15)30(35(32)33)23-21(28-34-29-23)12-16-5-3-2-4-6-16/h2-11,13H,12,14H2,1H3,(H,27,31)(H,32,33)/p-1. The quantitative estimate of drug-likeness (QED) is 0.320. The first-order valence-electron chi connectivity index (χ1n) is 10.4. The molecule has 0 radical (unpaired) electrons. The Morgan fingerprint density at radius 3 is 2.63 bits per heavy atom. The predicted octanol–water partition coefficient (Wildman–Crippen LogP) is 5.09. The van der Waals surface area contributed by atoms with Crippen LogP contribution in [0.3, 0.4) is 0 Å². The number of hydrogen-bond donors (Lipinski definition) is 1. The van der Waals surface area contributed by atoms with Crippen molar-refractivity contribution in [2.24, 2.45) is 0 Å². The average Bonchev–Trinajstić information content (AvgIpc) is 3.26. The highest BCUT2D eigenvalue weighted by atomic mass is 35.5. The number of amides is 1. The first-order chi connectivity index (χ1) is 16.8. The van der Waals surface area contributed by atoms with E-state index in [0.717, 1.165) is 33.2 Å². The molecule has 1 unspecified atom stereocenters. The van der Waals surface area contributed by atoms with E-state index in [4.69, 9.17) is 11.6 Å². The van der Waals surface area contributed by atoms with Gasteiger partial charge in [-0.1, -0.05) is 54.1 Å². The summed E-state index contributed by atoms with van der Waals surface area (Å²) in [5.74, 6) is -0.875. The van der Waals surface area contributed by atoms with Crippen molar-refractivity contribution in [1.29, 1.82) is 0 Å². The molecule has 0 aliphatic heterocycles. The molecule has 35 heavy (non-hydrogen) atoms. The minimum Gasteiger partial charge on any atom is -0.755 e. The van der Waals surface area contributed by atoms with Crippen LogP contribution in [-0.2, 0) is 24.2 Å². The molecule has 11 heteroatoms. The number of nitrogens with one attached hydrogen (secondary N) is 1. The smallest absolute Gasteiger partial charge is 0.253 e. The highest BCUT2D eigenvalue weighted by Crippen LogP contribution is 2.33. The molecule has 1 heterocycles. The Bertz CT molecular complexity index is 1380. The van der Waals surface area contributed by atoms with E-state index in [1.54, 1.807) is 25.1 Å². The highest BCUT2D eigenvalue weighted by molar-refractivity contribution is 7.81. The lowest BCUT2D eigenvalue weighted by atomic mass is 10.1. The number of rotatable bonds is 8. The fourth-order valence-corrected chi connectivity index (χ4v) is 4.89. The normalized spacial score (nSPS) is 11.8. The summed E-state index contributed by atoms with van der Waals surface area (Å²) < 4.78 is 47.7. The maximum absolute atomic E-state index is 13.3. The zero-order valence-electron chi connectivity index (χ0n) is 18.4. The van der Waals surface area contributed by atoms with Crippen LogP contribution in [0.4, 0.5) is 15.9 Å². The Morgan fingerprint density at radius 1 is 1.14 bits per heavy atom. The molecule has 0 bridgehead atoms. The van der Waals surface area contributed by atoms with Crippen LogP contribution in [0.2, 0.25) is 5.02 Å². The summed E-state index contributed by atoms with van der Waals surface area (Å²) in [4.78, 5) is 13.1. The molecule has 1 aromatic heterocycles. The Hall–Kier alpha value is -3.18. The van der Waals surface area contributed by atoms with Crippen molar-refractivity contribution in [3.05, 3.63) is 106 Å². The first kappa shape index (κ1) is 24.9. The van der Waals surface area contributed by atoms with E-state index in [2.05, 4.69) is 14.1 Å². The average molecular weight is 530 g/mol. The molecule has 3 aromatic carbocycles. The molecule has 0 aliphatic carbocycles. The Morgan fingerprint density at radius 2 is 1.91 bits per heavy atom. The van der Waals surface area contributed by atoms with Crippen LogP contribution < -0.4 is 9.62 Å². The van der Waals surface area contributed by atoms with E-state index in [9.17, 15) is 17.9 Å². The number of nitrogens with zero attached hydrogens (tertiary/aromatic N) is 3. The summed E-state index contributed by atoms with van der Waals surface area (Å²) in [6.45, 7) is 1.82. The van der Waals surface area contributed by atoms with Gasteiger partial charge >= 0.3 is 0 Å². The number of aryl methyl sites for hydroxylation is 1. The van der Waals surface area contributed by atoms with Crippen LogP contribution in [0.15, 0.2) is 66.7 Å². The van der Waals surface area contributed by atoms with Crippen molar-refractivity contribution in [3.8, 4) is 0 Å². The van der Waals surface area contributed by atoms with Crippen molar-refractivity contribution in [2.75, 3.05) is 4.31 Å². The van der Waals surface area contributed by atoms with Crippen LogP contribution in [0.1, 0.15) is 32.7 Å². The van der Waals surface area contributed by atoms with Gasteiger partial charge in [0.1, 0.15) is 11.5 Å². The molecule has 7 nitrogen and oxygen atoms in total. The fourth-order valence-electron chi connectivity index (χ4n) is 3.46. The van der Waals surface area contributed by atoms with Crippen molar-refractivity contribution >= 4 is 52.0 Å². The zero-order valence-corrected chi connectivity index (χ0v) is 20.8. The van der Waals surface area contributed by atoms with Crippen LogP contribution >= 0.6 is 23.3 Å². The number of halogens is 2. The van der Waals surface area contributed by atoms with Crippen molar-refractivity contribution in [3.63, 3.8) is 0 Å². The molecular formula is C24H19ClFN4O3S2-. The lowest BCUT2D eigenvalue weighted by Crippen LogP contribution is -2.28. The number of aromatic nitrogens is 2. The summed E-state index contributed by atoms with van der Waals surface area (Å²) in [5.41, 5.74) is 2.95. The second-order valence-electron chi connectivity index (χ2n) is 7.65. The van der Waals surface area contributed by atoms with Gasteiger partial charge in [0, 0.05) is 18.0 Å². The molecule has 180 valence electrons. The number of benzene rings is 3. The number of anilines is 2. The van der Waals surface area contributed by atoms with Crippen LogP contribution in [0, 0.1) is 12.7 Å². The maximum atomic E-state index is 13.3. The first-order valence-corrected chi connectivity index (χ1v) is 12.5. The van der Waals surface area contributed by atoms with Gasteiger partial charge in [0.15, 0.2) is 5.82 Å². The molecule has 1 amide bonds. The molecule has 0 fully saturated rings. The molecule has 1 atom stereocenters. The Kier molecular flexibility index (Phi) is 7.86. The van der Waals surface area contributed by atoms with E-state index in [1.165, 1.54) is 12.1 Å². The fraction of sp³-hybridized carbons (Fsp3) is 0.125. The SMILES string of the molecule is Cc1ccc(C(=O)NCc2ccc(F)cc2Cl)c(N(c2nsnc2Cc2ccccc2)S(=O)[O-])c1. The van der Waals surface area contributed by atoms with Crippen molar-refractivity contribution in [1.82, 2.24) is 14.1 Å². The second-order valence-corrected chi connectivity index (χ2v) is 9.38. The topological polar surface area (TPSA) is 98.2 Å². The van der Waals surface area contributed by atoms with E-state index in [-0.39, 0.29) is 28.6 Å². The van der Waals surface area contributed by atoms with E-state index in [1.807, 2.05) is 30.3 Å². The Balaban J connectivity index is 1.67. The molecule has 0 saturated heterocycles. The molecule has 1 N–H and O–H groups in total. The lowest BCUT2D eigenvalue weighted by molar-refractivity contribution is 0.0951. The monoisotopic (exact) mass is 529 g/mol. The van der Waals surface area contributed by atoms with Gasteiger partial charge in [0.25, 0.3) is 5.91 Å². The van der Waals surface area contributed by atoms with Gasteiger partial charge in [-0.05, 0) is 47.9 Å². The lowest BCUT2D eigenvalue weighted by Gasteiger charge is -2.27. The molecular weight excluding hydrogens is 511 g/mol. The van der Waals surface area contributed by atoms with Gasteiger partial charge in [-0.3, -0.25) is 13.3 Å². The maximum Gasteiger partial charge on any atom is 0.253 e. The second kappa shape index (κ2) is 11.0. The summed E-state index contributed by atoms with van der Waals surface area (Å²) >= 11 is 4.16. The zero-order chi connectivity index (χ0) is 24.9. The van der Waals surface area contributed by atoms with Gasteiger partial charge in [-0.25, -0.2) is 4.39 Å². The minimum absolute atomic E-state index is 0.0310.